The summed E-state index contributed by atoms with van der Waals surface area (Å²) in [4.78, 5) is 36.4. The summed E-state index contributed by atoms with van der Waals surface area (Å²) in [6, 6.07) is 4.81. The standard InChI is InChI=1S/C27H41BrN6O4Si/c1-26(2,3)37-25(36)32-19-16-34(14-12-21(19)38-39(7,8)27(4,5)6)20-11-13-30-15-18(20)31-24(35)23-17(29)9-10-22(28)33-23/h9-11,13,15,19,21H,12,14,16,29H2,1-8H3,(H,31,35)(H,32,36)/t19-,21-/m1/s1. The molecule has 39 heavy (non-hydrogen) atoms. The lowest BCUT2D eigenvalue weighted by Crippen LogP contribution is -2.59. The molecule has 214 valence electrons. The van der Waals surface area contributed by atoms with Gasteiger partial charge in [0.1, 0.15) is 10.2 Å². The van der Waals surface area contributed by atoms with Crippen molar-refractivity contribution in [3.05, 3.63) is 40.9 Å². The number of nitrogen functional groups attached to an aromatic ring is 1. The molecule has 12 heteroatoms. The van der Waals surface area contributed by atoms with Crippen molar-refractivity contribution < 1.29 is 18.8 Å². The van der Waals surface area contributed by atoms with Gasteiger partial charge in [-0.3, -0.25) is 9.78 Å². The molecule has 1 fully saturated rings. The number of carbonyl (C=O) groups excluding carboxylic acids is 2. The summed E-state index contributed by atoms with van der Waals surface area (Å²) in [5.74, 6) is -0.442. The van der Waals surface area contributed by atoms with E-state index >= 15 is 0 Å². The molecule has 3 heterocycles. The normalized spacial score (nSPS) is 18.4. The number of anilines is 3. The fourth-order valence-electron chi connectivity index (χ4n) is 4.01. The maximum absolute atomic E-state index is 13.1. The number of carbonyl (C=O) groups is 2. The SMILES string of the molecule is CC(C)(C)OC(=O)N[C@@H]1CN(c2ccncc2NC(=O)c2nc(Br)ccc2N)CC[C@H]1O[Si](C)(C)C(C)(C)C. The van der Waals surface area contributed by atoms with E-state index in [9.17, 15) is 9.59 Å². The number of hydrogen-bond donors (Lipinski definition) is 3. The molecule has 4 N–H and O–H groups in total. The first-order valence-electron chi connectivity index (χ1n) is 13.1. The molecule has 2 amide bonds. The van der Waals surface area contributed by atoms with Crippen molar-refractivity contribution in [1.29, 1.82) is 0 Å². The van der Waals surface area contributed by atoms with Gasteiger partial charge in [0.2, 0.25) is 0 Å². The molecule has 1 saturated heterocycles. The van der Waals surface area contributed by atoms with Crippen LogP contribution in [0.15, 0.2) is 35.2 Å². The van der Waals surface area contributed by atoms with Gasteiger partial charge in [0.05, 0.1) is 35.4 Å². The van der Waals surface area contributed by atoms with E-state index in [1.165, 1.54) is 0 Å². The number of aromatic nitrogens is 2. The zero-order valence-corrected chi connectivity index (χ0v) is 26.7. The van der Waals surface area contributed by atoms with Gasteiger partial charge in [-0.1, -0.05) is 20.8 Å². The Balaban J connectivity index is 1.86. The topological polar surface area (TPSA) is 132 Å². The fourth-order valence-corrected chi connectivity index (χ4v) is 5.71. The third-order valence-electron chi connectivity index (χ3n) is 7.00. The molecule has 1 aliphatic rings. The molecule has 2 aromatic heterocycles. The Labute approximate surface area is 240 Å². The van der Waals surface area contributed by atoms with Gasteiger partial charge in [0.25, 0.3) is 5.91 Å². The van der Waals surface area contributed by atoms with E-state index < -0.39 is 25.9 Å². The van der Waals surface area contributed by atoms with Crippen LogP contribution in [0.1, 0.15) is 58.5 Å². The Hall–Kier alpha value is -2.70. The largest absolute Gasteiger partial charge is 0.444 e. The third kappa shape index (κ3) is 8.15. The second-order valence-corrected chi connectivity index (χ2v) is 17.9. The molecule has 0 radical (unpaired) electrons. The molecular formula is C27H41BrN6O4Si. The van der Waals surface area contributed by atoms with Crippen LogP contribution in [0.3, 0.4) is 0 Å². The van der Waals surface area contributed by atoms with E-state index in [-0.39, 0.29) is 28.6 Å². The first-order valence-corrected chi connectivity index (χ1v) is 16.8. The molecule has 1 aliphatic heterocycles. The Morgan fingerprint density at radius 3 is 2.49 bits per heavy atom. The minimum atomic E-state index is -2.11. The molecule has 0 unspecified atom stereocenters. The lowest BCUT2D eigenvalue weighted by molar-refractivity contribution is 0.0414. The zero-order valence-electron chi connectivity index (χ0n) is 24.1. The highest BCUT2D eigenvalue weighted by Crippen LogP contribution is 2.39. The maximum Gasteiger partial charge on any atom is 0.408 e. The second kappa shape index (κ2) is 11.8. The highest BCUT2D eigenvalue weighted by Gasteiger charge is 2.43. The van der Waals surface area contributed by atoms with Crippen molar-refractivity contribution >= 4 is 53.3 Å². The van der Waals surface area contributed by atoms with Crippen LogP contribution in [0.25, 0.3) is 0 Å². The number of halogens is 1. The van der Waals surface area contributed by atoms with E-state index in [4.69, 9.17) is 14.9 Å². The average molecular weight is 622 g/mol. The van der Waals surface area contributed by atoms with E-state index in [1.807, 2.05) is 26.8 Å². The first-order chi connectivity index (χ1) is 18.0. The number of nitrogens with two attached hydrogens (primary N) is 1. The van der Waals surface area contributed by atoms with Gasteiger partial charge < -0.3 is 30.4 Å². The van der Waals surface area contributed by atoms with E-state index in [0.29, 0.717) is 29.8 Å². The molecule has 3 rings (SSSR count). The van der Waals surface area contributed by atoms with Crippen molar-refractivity contribution in [2.75, 3.05) is 29.0 Å². The van der Waals surface area contributed by atoms with E-state index in [2.05, 4.69) is 75.3 Å². The highest BCUT2D eigenvalue weighted by atomic mass is 79.9. The summed E-state index contributed by atoms with van der Waals surface area (Å²) in [5.41, 5.74) is 7.05. The molecular weight excluding hydrogens is 580 g/mol. The van der Waals surface area contributed by atoms with Gasteiger partial charge >= 0.3 is 6.09 Å². The van der Waals surface area contributed by atoms with Crippen LogP contribution in [0.2, 0.25) is 18.1 Å². The molecule has 2 atom stereocenters. The fraction of sp³-hybridized carbons (Fsp3) is 0.556. The van der Waals surface area contributed by atoms with E-state index in [1.54, 1.807) is 24.5 Å². The number of hydrogen-bond acceptors (Lipinski definition) is 8. The highest BCUT2D eigenvalue weighted by molar-refractivity contribution is 9.10. The Bertz CT molecular complexity index is 1200. The Morgan fingerprint density at radius 2 is 1.85 bits per heavy atom. The van der Waals surface area contributed by atoms with Crippen LogP contribution in [-0.2, 0) is 9.16 Å². The van der Waals surface area contributed by atoms with Crippen LogP contribution in [0.5, 0.6) is 0 Å². The van der Waals surface area contributed by atoms with E-state index in [0.717, 1.165) is 5.69 Å². The monoisotopic (exact) mass is 620 g/mol. The second-order valence-electron chi connectivity index (χ2n) is 12.3. The molecule has 0 spiro atoms. The molecule has 0 aliphatic carbocycles. The Kier molecular flexibility index (Phi) is 9.34. The first kappa shape index (κ1) is 30.8. The van der Waals surface area contributed by atoms with Crippen LogP contribution in [0.4, 0.5) is 21.9 Å². The van der Waals surface area contributed by atoms with Crippen molar-refractivity contribution in [2.45, 2.75) is 83.8 Å². The lowest BCUT2D eigenvalue weighted by atomic mass is 10.0. The van der Waals surface area contributed by atoms with Crippen LogP contribution < -0.4 is 21.3 Å². The van der Waals surface area contributed by atoms with Crippen LogP contribution >= 0.6 is 15.9 Å². The zero-order chi connectivity index (χ0) is 29.2. The van der Waals surface area contributed by atoms with Gasteiger partial charge in [-0.2, -0.15) is 0 Å². The minimum absolute atomic E-state index is 0.0193. The predicted molar refractivity (Wildman–Crippen MR) is 161 cm³/mol. The lowest BCUT2D eigenvalue weighted by Gasteiger charge is -2.46. The Morgan fingerprint density at radius 1 is 1.15 bits per heavy atom. The number of amides is 2. The minimum Gasteiger partial charge on any atom is -0.444 e. The molecule has 0 aromatic carbocycles. The van der Waals surface area contributed by atoms with Crippen molar-refractivity contribution in [1.82, 2.24) is 15.3 Å². The summed E-state index contributed by atoms with van der Waals surface area (Å²) >= 11 is 3.29. The number of nitrogens with one attached hydrogen (secondary N) is 2. The van der Waals surface area contributed by atoms with Gasteiger partial charge in [-0.15, -0.1) is 0 Å². The van der Waals surface area contributed by atoms with Crippen molar-refractivity contribution in [2.24, 2.45) is 0 Å². The number of alkyl carbamates (subject to hydrolysis) is 1. The number of rotatable bonds is 6. The van der Waals surface area contributed by atoms with Gasteiger partial charge in [0.15, 0.2) is 14.0 Å². The van der Waals surface area contributed by atoms with Gasteiger partial charge in [-0.25, -0.2) is 9.78 Å². The average Bonchev–Trinajstić information content (AvgIpc) is 2.80. The van der Waals surface area contributed by atoms with Gasteiger partial charge in [-0.05, 0) is 79.5 Å². The van der Waals surface area contributed by atoms with Crippen molar-refractivity contribution in [3.8, 4) is 0 Å². The van der Waals surface area contributed by atoms with Crippen molar-refractivity contribution in [3.63, 3.8) is 0 Å². The number of ether oxygens (including phenoxy) is 1. The smallest absolute Gasteiger partial charge is 0.408 e. The summed E-state index contributed by atoms with van der Waals surface area (Å²) in [5, 5.41) is 5.98. The summed E-state index contributed by atoms with van der Waals surface area (Å²) in [6.45, 7) is 17.6. The quantitative estimate of drug-likeness (QED) is 0.282. The summed E-state index contributed by atoms with van der Waals surface area (Å²) in [7, 11) is -2.11. The van der Waals surface area contributed by atoms with Crippen LogP contribution in [0, 0.1) is 0 Å². The summed E-state index contributed by atoms with van der Waals surface area (Å²) in [6.07, 6.45) is 3.28. The molecule has 2 aromatic rings. The summed E-state index contributed by atoms with van der Waals surface area (Å²) < 4.78 is 12.9. The molecule has 0 saturated carbocycles. The predicted octanol–water partition coefficient (Wildman–Crippen LogP) is 5.57. The number of nitrogens with zero attached hydrogens (tertiary/aromatic N) is 3. The third-order valence-corrected chi connectivity index (χ3v) is 11.9. The van der Waals surface area contributed by atoms with Gasteiger partial charge in [0, 0.05) is 19.3 Å². The number of pyridine rings is 2. The molecule has 10 nitrogen and oxygen atoms in total. The number of piperidine rings is 1. The molecule has 0 bridgehead atoms. The van der Waals surface area contributed by atoms with Crippen LogP contribution in [-0.4, -0.2) is 61.1 Å². The maximum atomic E-state index is 13.1.